The van der Waals surface area contributed by atoms with Gasteiger partial charge in [0.25, 0.3) is 27.9 Å². The third kappa shape index (κ3) is 95.4. The van der Waals surface area contributed by atoms with E-state index < -0.39 is 211 Å². The highest BCUT2D eigenvalue weighted by Gasteiger charge is 2.78. The Morgan fingerprint density at radius 1 is 0.354 bits per heavy atom. The molecule has 1 amide bonds. The number of ether oxygens (including phenoxy) is 2. The predicted molar refractivity (Wildman–Crippen MR) is 623 cm³/mol. The summed E-state index contributed by atoms with van der Waals surface area (Å²) in [6.45, 7) is 60.2. The number of anilines is 1. The van der Waals surface area contributed by atoms with Crippen molar-refractivity contribution in [2.24, 2.45) is 0 Å². The molecule has 0 N–H and O–H groups in total. The minimum absolute atomic E-state index is 0. The molecule has 1 aromatic rings. The van der Waals surface area contributed by atoms with Gasteiger partial charge in [0, 0.05) is 28.5 Å². The smallest absolute Gasteiger partial charge is 0.439 e. The maximum absolute atomic E-state index is 14.4. The highest BCUT2D eigenvalue weighted by Crippen LogP contribution is 2.51. The molecule has 17 nitrogen and oxygen atoms in total. The van der Waals surface area contributed by atoms with Crippen LogP contribution in [-0.2, 0) is 75.0 Å². The number of rotatable bonds is 61. The number of carbonyl (C=O) groups is 1. The molecule has 0 heterocycles. The topological polar surface area (TPSA) is 159 Å². The number of hydrogen-bond acceptors (Lipinski definition) is 16. The van der Waals surface area contributed by atoms with Crippen LogP contribution in [0.15, 0.2) is 24.3 Å². The van der Waals surface area contributed by atoms with Crippen molar-refractivity contribution in [1.29, 1.82) is 0 Å². The highest BCUT2D eigenvalue weighted by molar-refractivity contribution is 6.91. The van der Waals surface area contributed by atoms with Gasteiger partial charge >= 0.3 is 94.0 Å². The molecule has 0 saturated heterocycles. The van der Waals surface area contributed by atoms with Gasteiger partial charge in [-0.2, -0.15) is 79.6 Å². The van der Waals surface area contributed by atoms with Gasteiger partial charge in [0.05, 0.1) is 0 Å². The summed E-state index contributed by atoms with van der Waals surface area (Å²) in [4.78, 5) is 15.6. The zero-order valence-electron chi connectivity index (χ0n) is 84.3. The molecule has 0 saturated carbocycles. The normalized spacial score (nSPS) is 14.2. The Bertz CT molecular complexity index is 3180. The summed E-state index contributed by atoms with van der Waals surface area (Å²) < 4.78 is 347. The first kappa shape index (κ1) is 197. The van der Waals surface area contributed by atoms with Gasteiger partial charge in [-0.1, -0.05) is 269 Å². The van der Waals surface area contributed by atoms with Crippen LogP contribution in [0.25, 0.3) is 0 Å². The molecule has 916 valence electrons. The van der Waals surface area contributed by atoms with Crippen LogP contribution in [0.1, 0.15) is 282 Å². The van der Waals surface area contributed by atoms with Crippen LogP contribution in [-0.4, -0.2) is 211 Å². The number of aryl methyl sites for hydroxylation is 1. The van der Waals surface area contributed by atoms with Gasteiger partial charge in [-0.25, -0.2) is 8.78 Å². The number of benzene rings is 1. The van der Waals surface area contributed by atoms with Gasteiger partial charge in [0.15, 0.2) is 56.6 Å². The maximum Gasteiger partial charge on any atom is 0.462 e. The van der Waals surface area contributed by atoms with Crippen LogP contribution >= 0.6 is 0 Å². The molecule has 0 radical (unpaired) electrons. The molecular weight excluding hydrogens is 2230 g/mol. The zero-order valence-corrected chi connectivity index (χ0v) is 99.7. The fourth-order valence-corrected chi connectivity index (χ4v) is 82.3. The Hall–Kier alpha value is -0.197. The first-order valence-electron chi connectivity index (χ1n) is 45.2. The van der Waals surface area contributed by atoms with E-state index in [0.29, 0.717) is 18.2 Å². The molecule has 7 unspecified atom stereocenters. The largest absolute Gasteiger partial charge is 0.462 e. The summed E-state index contributed by atoms with van der Waals surface area (Å²) >= 11 is 0. The minimum atomic E-state index is -7.11. The number of alkyl halides is 19. The van der Waals surface area contributed by atoms with E-state index >= 15 is 0 Å². The molecular formula is C93H229F22NO16Si15. The van der Waals surface area contributed by atoms with Crippen molar-refractivity contribution < 1.29 is 166 Å². The first-order valence-corrected chi connectivity index (χ1v) is 86.2. The number of hydrogen-bond donors (Lipinski definition) is 0. The van der Waals surface area contributed by atoms with Gasteiger partial charge in [-0.05, 0) is 253 Å². The molecule has 0 aliphatic carbocycles. The molecule has 54 heteroatoms. The van der Waals surface area contributed by atoms with Crippen molar-refractivity contribution in [3.8, 4) is 0 Å². The lowest BCUT2D eigenvalue weighted by Crippen LogP contribution is -2.60. The molecule has 0 bridgehead atoms. The molecule has 0 aliphatic rings. The lowest BCUT2D eigenvalue weighted by atomic mass is 10.1. The van der Waals surface area contributed by atoms with Gasteiger partial charge in [-0.3, -0.25) is 9.53 Å². The van der Waals surface area contributed by atoms with Gasteiger partial charge < -0.3 is 59.0 Å². The number of nitrogens with zero attached hydrogens (tertiary/aromatic N) is 1. The fraction of sp³-hybridized carbons (Fsp3) is 0.925. The van der Waals surface area contributed by atoms with Gasteiger partial charge in [0.1, 0.15) is 13.0 Å². The Kier molecular flexibility index (Phi) is 120. The summed E-state index contributed by atoms with van der Waals surface area (Å²) in [6.07, 6.45) is -13.8. The zero-order chi connectivity index (χ0) is 104. The quantitative estimate of drug-likeness (QED) is 0.0344. The van der Waals surface area contributed by atoms with E-state index in [1.807, 2.05) is 39.2 Å². The van der Waals surface area contributed by atoms with E-state index in [0.717, 1.165) is 105 Å². The monoisotopic (exact) mass is 2450 g/mol. The van der Waals surface area contributed by atoms with Crippen molar-refractivity contribution in [3.63, 3.8) is 0 Å². The molecule has 0 aliphatic heterocycles. The molecule has 0 aromatic heterocycles. The summed E-state index contributed by atoms with van der Waals surface area (Å²) in [6, 6.07) is 15.5. The second-order valence-corrected chi connectivity index (χ2v) is 93.0. The van der Waals surface area contributed by atoms with Crippen LogP contribution < -0.4 is 4.90 Å². The number of carbonyl (C=O) groups excluding carboxylic acids is 1. The molecule has 1 aromatic carbocycles. The van der Waals surface area contributed by atoms with Crippen molar-refractivity contribution in [3.05, 3.63) is 29.8 Å². The van der Waals surface area contributed by atoms with E-state index in [1.54, 1.807) is 31.3 Å². The fourth-order valence-electron chi connectivity index (χ4n) is 14.2. The van der Waals surface area contributed by atoms with Crippen LogP contribution in [0.4, 0.5) is 103 Å². The Labute approximate surface area is 906 Å². The van der Waals surface area contributed by atoms with Crippen LogP contribution in [0, 0.1) is 0 Å². The van der Waals surface area contributed by atoms with E-state index in [4.69, 9.17) is 58.5 Å². The average molecular weight is 2460 g/mol. The lowest BCUT2D eigenvalue weighted by Gasteiger charge is -2.41. The van der Waals surface area contributed by atoms with Crippen LogP contribution in [0.2, 0.25) is 212 Å². The molecule has 147 heavy (non-hydrogen) atoms. The van der Waals surface area contributed by atoms with E-state index in [-0.39, 0.29) is 131 Å². The summed E-state index contributed by atoms with van der Waals surface area (Å²) in [7, 11) is -31.5. The number of unbranched alkanes of at least 4 members (excludes halogenated alkanes) is 7. The number of amides is 1. The van der Waals surface area contributed by atoms with Crippen molar-refractivity contribution in [2.75, 3.05) is 38.7 Å². The van der Waals surface area contributed by atoms with E-state index in [2.05, 4.69) is 174 Å². The summed E-state index contributed by atoms with van der Waals surface area (Å²) in [5.74, 6) is -13.8. The average Bonchev–Trinajstić information content (AvgIpc) is 0.751. The van der Waals surface area contributed by atoms with Gasteiger partial charge in [-0.15, -0.1) is 0 Å². The van der Waals surface area contributed by atoms with Crippen molar-refractivity contribution in [2.45, 2.75) is 537 Å². The molecule has 0 fully saturated rings. The molecule has 1 rings (SSSR count). The third-order valence-electron chi connectivity index (χ3n) is 19.4. The third-order valence-corrected chi connectivity index (χ3v) is 77.7. The van der Waals surface area contributed by atoms with Crippen molar-refractivity contribution in [1.82, 2.24) is 0 Å². The van der Waals surface area contributed by atoms with Crippen LogP contribution in [0.3, 0.4) is 0 Å². The first-order chi connectivity index (χ1) is 59.1. The Morgan fingerprint density at radius 3 is 0.844 bits per heavy atom. The van der Waals surface area contributed by atoms with E-state index in [1.165, 1.54) is 51.2 Å². The highest BCUT2D eigenvalue weighted by atomic mass is 28.5. The number of halogens is 22. The molecule has 7 atom stereocenters. The maximum atomic E-state index is 14.4. The van der Waals surface area contributed by atoms with Gasteiger partial charge in [0.2, 0.25) is 12.8 Å². The standard InChI is InChI=1S/C29H58F3NO5Si5.C25H51F11O6Si5.C20H52O4Si5.C2H2F4.CH2F2O.16CH4.F2/c1-12-14-21-40(5,6)35-39(4)36-43(11,38-42(9,10)37-41(7,8)22-15-13-2)23-17-19-26-18-16-20-27(24-26)33(3)28(34)25-29(30,31)32;1-11-13-17-45(6,7)41-46(8,9)42-47(10,19-14-12-2)40-43(3)39-44(4,5)18-15-16-37-20-21(26,23(29,30)31)38-25(35,36)22(27,28)24(32,33)34;1-12-15-18-26(5,6)21-25(4)22-29(11,20-17-14-3)24-28(9,10)23-27(7,8)19-16-13-2;3-1-2(4,5)6;2-1-4-3;;;;;;;;;;;;;;;;;1-2/h16,18,20,24,39H,12-15,17,19,21-23,25H2,1-11H3;43H,11-20H2,1-10H3;25H,12-20H2,1-11H3;1H2;1H2;16*1H4;. The SMILES string of the molecule is C.C.C.C.C.C.C.C.C.C.C.C.C.C.C.C.CCCC[Si](C)(C)O[SiH](C)O[Si](C)(CCCC)O[Si](C)(C)O[Si](C)(C)CCCC.CCCC[Si](C)(C)O[SiH](C)O[Si](C)(CCCc1cccc(N(C)C(=O)CC(F)(F)F)c1)O[Si](C)(C)O[Si](C)(C)CCCC.CCCC[Si](C)(C)O[Si](C)(C)O[Si](C)(CCCC)O[SiH](C)O[Si](C)(C)CCCOCC(F)(OC(F)(F)C(F)(F)C(F)(F)F)C(F)(F)F.FCC(F)(F)F.FCOF.FF. The Balaban J connectivity index is -0.0000000779. The Morgan fingerprint density at radius 2 is 0.605 bits per heavy atom. The second kappa shape index (κ2) is 89.5. The predicted octanol–water partition coefficient (Wildman–Crippen LogP) is 40.2. The summed E-state index contributed by atoms with van der Waals surface area (Å²) in [5.41, 5.74) is 1.41. The van der Waals surface area contributed by atoms with Crippen LogP contribution in [0.5, 0.6) is 0 Å². The van der Waals surface area contributed by atoms with Crippen molar-refractivity contribution >= 4 is 141 Å². The lowest BCUT2D eigenvalue weighted by molar-refractivity contribution is -0.486. The van der Waals surface area contributed by atoms with E-state index in [9.17, 15) is 92.7 Å². The molecule has 0 spiro atoms. The summed E-state index contributed by atoms with van der Waals surface area (Å²) in [5, 5.41) is 0. The minimum Gasteiger partial charge on any atom is -0.439 e. The second-order valence-electron chi connectivity index (χ2n) is 38.2.